The van der Waals surface area contributed by atoms with Gasteiger partial charge in [-0.3, -0.25) is 14.3 Å². The fraction of sp³-hybridized carbons (Fsp3) is 0.350. The van der Waals surface area contributed by atoms with Crippen LogP contribution in [0.2, 0.25) is 5.02 Å². The molecule has 1 aliphatic rings. The van der Waals surface area contributed by atoms with Crippen LogP contribution in [0.1, 0.15) is 31.2 Å². The number of thioether (sulfide) groups is 1. The first kappa shape index (κ1) is 21.8. The molecule has 0 aliphatic heterocycles. The van der Waals surface area contributed by atoms with Gasteiger partial charge < -0.3 is 10.6 Å². The van der Waals surface area contributed by atoms with E-state index in [0.29, 0.717) is 21.8 Å². The van der Waals surface area contributed by atoms with E-state index in [9.17, 15) is 9.59 Å². The van der Waals surface area contributed by atoms with Gasteiger partial charge in [0.15, 0.2) is 4.34 Å². The maximum atomic E-state index is 12.1. The summed E-state index contributed by atoms with van der Waals surface area (Å²) >= 11 is 8.73. The summed E-state index contributed by atoms with van der Waals surface area (Å²) in [6, 6.07) is 7.61. The number of nitrogens with zero attached hydrogens (tertiary/aromatic N) is 4. The van der Waals surface area contributed by atoms with E-state index in [1.54, 1.807) is 6.20 Å². The Labute approximate surface area is 192 Å². The first-order chi connectivity index (χ1) is 15.0. The maximum absolute atomic E-state index is 12.1. The Morgan fingerprint density at radius 3 is 2.61 bits per heavy atom. The van der Waals surface area contributed by atoms with Crippen molar-refractivity contribution in [3.05, 3.63) is 47.2 Å². The molecule has 2 N–H and O–H groups in total. The van der Waals surface area contributed by atoms with Crippen molar-refractivity contribution < 1.29 is 9.59 Å². The third-order valence-corrected chi connectivity index (χ3v) is 6.86. The number of amides is 2. The minimum atomic E-state index is -0.273. The zero-order chi connectivity index (χ0) is 21.6. The Bertz CT molecular complexity index is 1050. The van der Waals surface area contributed by atoms with E-state index >= 15 is 0 Å². The number of carbonyl (C=O) groups excluding carboxylic acids is 2. The summed E-state index contributed by atoms with van der Waals surface area (Å²) in [6.45, 7) is 0.889. The van der Waals surface area contributed by atoms with Gasteiger partial charge in [-0.25, -0.2) is 0 Å². The first-order valence-corrected chi connectivity index (χ1v) is 12.0. The van der Waals surface area contributed by atoms with Crippen LogP contribution in [-0.2, 0) is 21.9 Å². The molecule has 1 aromatic carbocycles. The Kier molecular flexibility index (Phi) is 7.21. The topological polar surface area (TPSA) is 102 Å². The van der Waals surface area contributed by atoms with Crippen LogP contribution >= 0.6 is 34.7 Å². The molecule has 2 aromatic heterocycles. The average Bonchev–Trinajstić information content (AvgIpc) is 3.27. The molecule has 31 heavy (non-hydrogen) atoms. The van der Waals surface area contributed by atoms with Crippen molar-refractivity contribution in [1.82, 2.24) is 20.0 Å². The standard InChI is InChI=1S/C20H21ClN6O2S2/c21-15-5-3-14(4-6-15)12-30-20-26-25-19(31-20)24-18(29)8-7-17(28)23-16-9-22-27(11-16)10-13-1-2-13/h3-6,9,11,13H,1-2,7-8,10,12H2,(H,23,28)(H,24,25,29). The molecule has 11 heteroatoms. The van der Waals surface area contributed by atoms with Gasteiger partial charge in [-0.15, -0.1) is 10.2 Å². The van der Waals surface area contributed by atoms with E-state index in [-0.39, 0.29) is 24.7 Å². The van der Waals surface area contributed by atoms with Crippen LogP contribution in [0.4, 0.5) is 10.8 Å². The molecular formula is C20H21ClN6O2S2. The predicted molar refractivity (Wildman–Crippen MR) is 122 cm³/mol. The third-order valence-electron chi connectivity index (χ3n) is 4.57. The molecule has 0 spiro atoms. The SMILES string of the molecule is O=C(CCC(=O)Nc1nnc(SCc2ccc(Cl)cc2)s1)Nc1cnn(CC2CC2)c1. The minimum absolute atomic E-state index is 0.0644. The maximum Gasteiger partial charge on any atom is 0.226 e. The molecule has 2 heterocycles. The van der Waals surface area contributed by atoms with Crippen LogP contribution in [0.3, 0.4) is 0 Å². The summed E-state index contributed by atoms with van der Waals surface area (Å²) in [7, 11) is 0. The molecule has 0 saturated heterocycles. The monoisotopic (exact) mass is 476 g/mol. The highest BCUT2D eigenvalue weighted by atomic mass is 35.5. The van der Waals surface area contributed by atoms with E-state index in [1.165, 1.54) is 35.9 Å². The van der Waals surface area contributed by atoms with E-state index in [2.05, 4.69) is 25.9 Å². The van der Waals surface area contributed by atoms with Crippen LogP contribution in [-0.4, -0.2) is 31.8 Å². The summed E-state index contributed by atoms with van der Waals surface area (Å²) in [5.74, 6) is 0.948. The van der Waals surface area contributed by atoms with Crippen molar-refractivity contribution in [3.8, 4) is 0 Å². The number of benzene rings is 1. The zero-order valence-corrected chi connectivity index (χ0v) is 19.0. The van der Waals surface area contributed by atoms with Crippen LogP contribution < -0.4 is 10.6 Å². The van der Waals surface area contributed by atoms with Crippen molar-refractivity contribution in [1.29, 1.82) is 0 Å². The largest absolute Gasteiger partial charge is 0.323 e. The van der Waals surface area contributed by atoms with E-state index in [4.69, 9.17) is 11.6 Å². The molecule has 1 aliphatic carbocycles. The van der Waals surface area contributed by atoms with Crippen molar-refractivity contribution in [2.45, 2.75) is 42.3 Å². The van der Waals surface area contributed by atoms with Crippen LogP contribution in [0, 0.1) is 5.92 Å². The lowest BCUT2D eigenvalue weighted by atomic mass is 10.2. The number of carbonyl (C=O) groups is 2. The number of anilines is 2. The molecule has 1 saturated carbocycles. The molecule has 0 unspecified atom stereocenters. The fourth-order valence-electron chi connectivity index (χ4n) is 2.77. The van der Waals surface area contributed by atoms with Gasteiger partial charge in [-0.1, -0.05) is 46.8 Å². The molecule has 2 amide bonds. The van der Waals surface area contributed by atoms with Gasteiger partial charge in [-0.2, -0.15) is 5.10 Å². The summed E-state index contributed by atoms with van der Waals surface area (Å²) in [5.41, 5.74) is 1.77. The molecule has 0 radical (unpaired) electrons. The highest BCUT2D eigenvalue weighted by molar-refractivity contribution is 8.00. The second kappa shape index (κ2) is 10.3. The van der Waals surface area contributed by atoms with Crippen LogP contribution in [0.5, 0.6) is 0 Å². The summed E-state index contributed by atoms with van der Waals surface area (Å²) < 4.78 is 2.60. The van der Waals surface area contributed by atoms with Gasteiger partial charge in [0.1, 0.15) is 0 Å². The first-order valence-electron chi connectivity index (χ1n) is 9.86. The number of hydrogen-bond acceptors (Lipinski definition) is 7. The van der Waals surface area contributed by atoms with Crippen molar-refractivity contribution in [2.24, 2.45) is 5.92 Å². The predicted octanol–water partition coefficient (Wildman–Crippen LogP) is 4.45. The number of aromatic nitrogens is 4. The van der Waals surface area contributed by atoms with Crippen molar-refractivity contribution in [3.63, 3.8) is 0 Å². The molecule has 4 rings (SSSR count). The van der Waals surface area contributed by atoms with E-state index < -0.39 is 0 Å². The van der Waals surface area contributed by atoms with Crippen LogP contribution in [0.25, 0.3) is 0 Å². The molecule has 3 aromatic rings. The lowest BCUT2D eigenvalue weighted by Crippen LogP contribution is -2.17. The molecule has 162 valence electrons. The van der Waals surface area contributed by atoms with Crippen LogP contribution in [0.15, 0.2) is 41.0 Å². The highest BCUT2D eigenvalue weighted by Crippen LogP contribution is 2.30. The smallest absolute Gasteiger partial charge is 0.226 e. The average molecular weight is 477 g/mol. The van der Waals surface area contributed by atoms with Gasteiger partial charge in [-0.05, 0) is 36.5 Å². The minimum Gasteiger partial charge on any atom is -0.323 e. The fourth-order valence-corrected chi connectivity index (χ4v) is 4.62. The Hall–Kier alpha value is -2.43. The Balaban J connectivity index is 1.17. The molecule has 0 bridgehead atoms. The van der Waals surface area contributed by atoms with Gasteiger partial charge in [0.2, 0.25) is 16.9 Å². The second-order valence-electron chi connectivity index (χ2n) is 7.28. The van der Waals surface area contributed by atoms with Crippen molar-refractivity contribution in [2.75, 3.05) is 10.6 Å². The number of nitrogens with one attached hydrogen (secondary N) is 2. The zero-order valence-electron chi connectivity index (χ0n) is 16.6. The summed E-state index contributed by atoms with van der Waals surface area (Å²) in [6.07, 6.45) is 6.08. The van der Waals surface area contributed by atoms with Crippen molar-refractivity contribution >= 4 is 57.3 Å². The molecular weight excluding hydrogens is 456 g/mol. The van der Waals surface area contributed by atoms with E-state index in [0.717, 1.165) is 22.2 Å². The normalized spacial score (nSPS) is 13.2. The molecule has 0 atom stereocenters. The quantitative estimate of drug-likeness (QED) is 0.331. The number of halogens is 1. The number of rotatable bonds is 10. The molecule has 1 fully saturated rings. The third kappa shape index (κ3) is 7.05. The lowest BCUT2D eigenvalue weighted by Gasteiger charge is -2.03. The summed E-state index contributed by atoms with van der Waals surface area (Å²) in [5, 5.41) is 18.9. The Morgan fingerprint density at radius 2 is 1.87 bits per heavy atom. The molecule has 8 nitrogen and oxygen atoms in total. The van der Waals surface area contributed by atoms with E-state index in [1.807, 2.05) is 35.1 Å². The number of hydrogen-bond donors (Lipinski definition) is 2. The van der Waals surface area contributed by atoms with Gasteiger partial charge in [0.05, 0.1) is 11.9 Å². The Morgan fingerprint density at radius 1 is 1.13 bits per heavy atom. The second-order valence-corrected chi connectivity index (χ2v) is 9.92. The highest BCUT2D eigenvalue weighted by Gasteiger charge is 2.22. The summed E-state index contributed by atoms with van der Waals surface area (Å²) in [4.78, 5) is 24.2. The van der Waals surface area contributed by atoms with Gasteiger partial charge in [0, 0.05) is 36.4 Å². The lowest BCUT2D eigenvalue weighted by molar-refractivity contribution is -0.121. The van der Waals surface area contributed by atoms with Gasteiger partial charge >= 0.3 is 0 Å². The van der Waals surface area contributed by atoms with Gasteiger partial charge in [0.25, 0.3) is 0 Å².